The van der Waals surface area contributed by atoms with E-state index in [-0.39, 0.29) is 0 Å². The van der Waals surface area contributed by atoms with Gasteiger partial charge in [-0.15, -0.1) is 0 Å². The van der Waals surface area contributed by atoms with Crippen LogP contribution < -0.4 is 5.73 Å². The maximum absolute atomic E-state index is 5.77. The van der Waals surface area contributed by atoms with Gasteiger partial charge in [-0.3, -0.25) is 0 Å². The predicted molar refractivity (Wildman–Crippen MR) is 89.2 cm³/mol. The molecule has 0 spiro atoms. The lowest BCUT2D eigenvalue weighted by Gasteiger charge is -2.47. The molecule has 2 aromatic rings. The van der Waals surface area contributed by atoms with Gasteiger partial charge in [0, 0.05) is 5.69 Å². The summed E-state index contributed by atoms with van der Waals surface area (Å²) >= 11 is 0. The van der Waals surface area contributed by atoms with Gasteiger partial charge in [0.25, 0.3) is 0 Å². The van der Waals surface area contributed by atoms with Crippen molar-refractivity contribution in [2.45, 2.75) is 43.9 Å². The van der Waals surface area contributed by atoms with Gasteiger partial charge in [0.2, 0.25) is 0 Å². The first kappa shape index (κ1) is 12.9. The molecule has 1 heteroatoms. The van der Waals surface area contributed by atoms with E-state index in [2.05, 4.69) is 36.4 Å². The zero-order valence-corrected chi connectivity index (χ0v) is 12.5. The van der Waals surface area contributed by atoms with E-state index in [1.807, 2.05) is 12.1 Å². The maximum atomic E-state index is 5.77. The van der Waals surface area contributed by atoms with Crippen molar-refractivity contribution in [1.82, 2.24) is 0 Å². The monoisotopic (exact) mass is 277 g/mol. The van der Waals surface area contributed by atoms with E-state index in [1.165, 1.54) is 49.7 Å². The first-order valence-electron chi connectivity index (χ1n) is 8.22. The van der Waals surface area contributed by atoms with Gasteiger partial charge in [0.1, 0.15) is 0 Å². The van der Waals surface area contributed by atoms with Crippen molar-refractivity contribution < 1.29 is 0 Å². The summed E-state index contributed by atoms with van der Waals surface area (Å²) in [6.45, 7) is 0. The lowest BCUT2D eigenvalue weighted by Crippen LogP contribution is -2.37. The third-order valence-corrected chi connectivity index (χ3v) is 5.83. The van der Waals surface area contributed by atoms with Gasteiger partial charge in [-0.05, 0) is 78.7 Å². The van der Waals surface area contributed by atoms with Crippen LogP contribution in [0.5, 0.6) is 0 Å². The van der Waals surface area contributed by atoms with Crippen molar-refractivity contribution in [1.29, 1.82) is 0 Å². The Hall–Kier alpha value is -1.76. The van der Waals surface area contributed by atoms with Crippen molar-refractivity contribution in [3.8, 4) is 11.1 Å². The minimum absolute atomic E-state index is 0.494. The summed E-state index contributed by atoms with van der Waals surface area (Å²) in [4.78, 5) is 0. The standard InChI is InChI=1S/C20H23N/c21-19-7-3-17(4-8-19)16-1-5-18(6-2-16)20-12-9-15(10-13-20)11-14-20/h1-8,15H,9-14,21H2. The minimum Gasteiger partial charge on any atom is -0.399 e. The fourth-order valence-corrected chi connectivity index (χ4v) is 4.37. The molecule has 0 aromatic heterocycles. The van der Waals surface area contributed by atoms with Crippen molar-refractivity contribution >= 4 is 5.69 Å². The Morgan fingerprint density at radius 2 is 1.19 bits per heavy atom. The summed E-state index contributed by atoms with van der Waals surface area (Å²) < 4.78 is 0. The summed E-state index contributed by atoms with van der Waals surface area (Å²) in [6, 6.07) is 17.5. The van der Waals surface area contributed by atoms with E-state index >= 15 is 0 Å². The SMILES string of the molecule is Nc1ccc(-c2ccc(C34CCC(CC3)CC4)cc2)cc1. The third-order valence-electron chi connectivity index (χ3n) is 5.83. The average Bonchev–Trinajstić information content (AvgIpc) is 2.57. The van der Waals surface area contributed by atoms with Crippen molar-refractivity contribution in [2.75, 3.05) is 5.73 Å². The highest BCUT2D eigenvalue weighted by Gasteiger charge is 2.41. The summed E-state index contributed by atoms with van der Waals surface area (Å²) in [7, 11) is 0. The number of anilines is 1. The second-order valence-corrected chi connectivity index (χ2v) is 6.96. The van der Waals surface area contributed by atoms with Crippen LogP contribution in [0.4, 0.5) is 5.69 Å². The summed E-state index contributed by atoms with van der Waals surface area (Å²) in [5.41, 5.74) is 11.2. The second kappa shape index (κ2) is 4.91. The predicted octanol–water partition coefficient (Wildman–Crippen LogP) is 5.16. The largest absolute Gasteiger partial charge is 0.399 e. The molecule has 0 saturated heterocycles. The minimum atomic E-state index is 0.494. The molecule has 0 unspecified atom stereocenters. The second-order valence-electron chi connectivity index (χ2n) is 6.96. The first-order chi connectivity index (χ1) is 10.3. The Balaban J connectivity index is 1.63. The molecule has 1 nitrogen and oxygen atoms in total. The Kier molecular flexibility index (Phi) is 3.02. The number of nitrogen functional groups attached to an aromatic ring is 1. The summed E-state index contributed by atoms with van der Waals surface area (Å²) in [6.07, 6.45) is 8.54. The van der Waals surface area contributed by atoms with Gasteiger partial charge in [-0.25, -0.2) is 0 Å². The Morgan fingerprint density at radius 1 is 0.714 bits per heavy atom. The summed E-state index contributed by atoms with van der Waals surface area (Å²) in [5, 5.41) is 0. The molecule has 0 aliphatic heterocycles. The number of fused-ring (bicyclic) bond motifs is 3. The van der Waals surface area contributed by atoms with E-state index in [9.17, 15) is 0 Å². The molecule has 21 heavy (non-hydrogen) atoms. The molecule has 0 heterocycles. The van der Waals surface area contributed by atoms with Crippen LogP contribution in [0, 0.1) is 5.92 Å². The normalized spacial score (nSPS) is 27.7. The molecule has 2 bridgehead atoms. The van der Waals surface area contributed by atoms with E-state index in [1.54, 1.807) is 5.56 Å². The van der Waals surface area contributed by atoms with Crippen molar-refractivity contribution in [2.24, 2.45) is 5.92 Å². The smallest absolute Gasteiger partial charge is 0.0314 e. The van der Waals surface area contributed by atoms with Crippen LogP contribution in [-0.4, -0.2) is 0 Å². The topological polar surface area (TPSA) is 26.0 Å². The molecule has 2 aromatic carbocycles. The molecule has 3 aliphatic rings. The Morgan fingerprint density at radius 3 is 1.71 bits per heavy atom. The fraction of sp³-hybridized carbons (Fsp3) is 0.400. The van der Waals surface area contributed by atoms with Crippen molar-refractivity contribution in [3.63, 3.8) is 0 Å². The molecule has 2 N–H and O–H groups in total. The number of hydrogen-bond acceptors (Lipinski definition) is 1. The van der Waals surface area contributed by atoms with E-state index < -0.39 is 0 Å². The molecule has 3 fully saturated rings. The third kappa shape index (κ3) is 2.25. The van der Waals surface area contributed by atoms with Crippen LogP contribution in [0.2, 0.25) is 0 Å². The summed E-state index contributed by atoms with van der Waals surface area (Å²) in [5.74, 6) is 1.03. The van der Waals surface area contributed by atoms with Gasteiger partial charge in [-0.2, -0.15) is 0 Å². The van der Waals surface area contributed by atoms with Crippen LogP contribution in [-0.2, 0) is 5.41 Å². The van der Waals surface area contributed by atoms with Crippen LogP contribution in [0.3, 0.4) is 0 Å². The van der Waals surface area contributed by atoms with Crippen LogP contribution >= 0.6 is 0 Å². The van der Waals surface area contributed by atoms with Crippen LogP contribution in [0.1, 0.15) is 44.1 Å². The lowest BCUT2D eigenvalue weighted by atomic mass is 9.58. The lowest BCUT2D eigenvalue weighted by molar-refractivity contribution is 0.136. The highest BCUT2D eigenvalue weighted by atomic mass is 14.5. The number of hydrogen-bond donors (Lipinski definition) is 1. The molecule has 5 rings (SSSR count). The van der Waals surface area contributed by atoms with Crippen LogP contribution in [0.25, 0.3) is 11.1 Å². The van der Waals surface area contributed by atoms with E-state index in [0.717, 1.165) is 11.6 Å². The molecular formula is C20H23N. The van der Waals surface area contributed by atoms with Gasteiger partial charge in [0.05, 0.1) is 0 Å². The number of nitrogens with two attached hydrogens (primary N) is 1. The average molecular weight is 277 g/mol. The highest BCUT2D eigenvalue weighted by molar-refractivity contribution is 5.65. The molecule has 3 saturated carbocycles. The zero-order chi connectivity index (χ0) is 14.3. The quantitative estimate of drug-likeness (QED) is 0.754. The molecule has 3 aliphatic carbocycles. The molecular weight excluding hydrogens is 254 g/mol. The first-order valence-corrected chi connectivity index (χ1v) is 8.22. The van der Waals surface area contributed by atoms with Gasteiger partial charge in [-0.1, -0.05) is 36.4 Å². The Labute approximate surface area is 127 Å². The molecule has 0 amide bonds. The van der Waals surface area contributed by atoms with Crippen molar-refractivity contribution in [3.05, 3.63) is 54.1 Å². The number of benzene rings is 2. The van der Waals surface area contributed by atoms with Gasteiger partial charge in [0.15, 0.2) is 0 Å². The fourth-order valence-electron chi connectivity index (χ4n) is 4.37. The van der Waals surface area contributed by atoms with Gasteiger partial charge >= 0.3 is 0 Å². The highest BCUT2D eigenvalue weighted by Crippen LogP contribution is 2.51. The maximum Gasteiger partial charge on any atom is 0.0314 e. The molecule has 108 valence electrons. The van der Waals surface area contributed by atoms with Crippen LogP contribution in [0.15, 0.2) is 48.5 Å². The molecule has 0 atom stereocenters. The Bertz CT molecular complexity index is 602. The number of rotatable bonds is 2. The van der Waals surface area contributed by atoms with Gasteiger partial charge < -0.3 is 5.73 Å². The van der Waals surface area contributed by atoms with E-state index in [0.29, 0.717) is 5.41 Å². The molecule has 0 radical (unpaired) electrons. The zero-order valence-electron chi connectivity index (χ0n) is 12.5. The van der Waals surface area contributed by atoms with E-state index in [4.69, 9.17) is 5.73 Å².